The molecule has 0 radical (unpaired) electrons. The Bertz CT molecular complexity index is 942. The van der Waals surface area contributed by atoms with E-state index in [9.17, 15) is 9.36 Å². The average molecular weight is 361 g/mol. The van der Waals surface area contributed by atoms with Gasteiger partial charge in [0.2, 0.25) is 5.91 Å². The molecule has 0 bridgehead atoms. The summed E-state index contributed by atoms with van der Waals surface area (Å²) in [4.78, 5) is 14.6. The number of carbonyl (C=O) groups is 1. The van der Waals surface area contributed by atoms with Crippen molar-refractivity contribution in [2.24, 2.45) is 0 Å². The number of likely N-dealkylation sites (N-methyl/N-ethyl adjacent to an activating group) is 1. The molecule has 0 fully saturated rings. The molecule has 0 N–H and O–H groups in total. The molecule has 0 aliphatic carbocycles. The Morgan fingerprint density at radius 1 is 0.808 bits per heavy atom. The Kier molecular flexibility index (Phi) is 4.26. The van der Waals surface area contributed by atoms with Crippen LogP contribution in [0.2, 0.25) is 0 Å². The van der Waals surface area contributed by atoms with Crippen molar-refractivity contribution >= 4 is 29.3 Å². The summed E-state index contributed by atoms with van der Waals surface area (Å²) in [5, 5.41) is 1.59. The van der Waals surface area contributed by atoms with Crippen LogP contribution in [0.4, 0.5) is 5.69 Å². The quantitative estimate of drug-likeness (QED) is 0.664. The second kappa shape index (κ2) is 6.59. The molecular weight excluding hydrogens is 341 g/mol. The monoisotopic (exact) mass is 361 g/mol. The van der Waals surface area contributed by atoms with Crippen molar-refractivity contribution < 1.29 is 9.36 Å². The van der Waals surface area contributed by atoms with Crippen LogP contribution in [0.3, 0.4) is 0 Å². The number of carbonyl (C=O) groups excluding carboxylic acids is 1. The van der Waals surface area contributed by atoms with E-state index in [1.807, 2.05) is 84.9 Å². The predicted octanol–water partition coefficient (Wildman–Crippen LogP) is 3.76. The summed E-state index contributed by atoms with van der Waals surface area (Å²) < 4.78 is 14.3. The van der Waals surface area contributed by atoms with Crippen LogP contribution in [0.15, 0.2) is 84.9 Å². The van der Waals surface area contributed by atoms with Gasteiger partial charge in [-0.15, -0.1) is 0 Å². The highest BCUT2D eigenvalue weighted by molar-refractivity contribution is 7.78. The van der Waals surface area contributed by atoms with Crippen molar-refractivity contribution in [3.8, 4) is 0 Å². The first kappa shape index (κ1) is 16.8. The first-order valence-corrected chi connectivity index (χ1v) is 10.6. The molecule has 26 heavy (non-hydrogen) atoms. The number of fused-ring (bicyclic) bond motifs is 1. The number of hydrogen-bond donors (Lipinski definition) is 0. The van der Waals surface area contributed by atoms with Crippen molar-refractivity contribution in [1.82, 2.24) is 0 Å². The van der Waals surface area contributed by atoms with E-state index in [1.54, 1.807) is 11.9 Å². The molecule has 1 aliphatic rings. The molecule has 0 saturated carbocycles. The Labute approximate surface area is 153 Å². The van der Waals surface area contributed by atoms with Gasteiger partial charge in [-0.05, 0) is 11.6 Å². The van der Waals surface area contributed by atoms with Gasteiger partial charge < -0.3 is 9.46 Å². The maximum Gasteiger partial charge on any atom is 0.234 e. The van der Waals surface area contributed by atoms with E-state index in [0.29, 0.717) is 6.16 Å². The summed E-state index contributed by atoms with van der Waals surface area (Å²) in [6.07, 6.45) is 0.307. The molecule has 3 nitrogen and oxygen atoms in total. The predicted molar refractivity (Wildman–Crippen MR) is 107 cm³/mol. The first-order valence-electron chi connectivity index (χ1n) is 8.68. The number of para-hydroxylation sites is 1. The van der Waals surface area contributed by atoms with E-state index >= 15 is 0 Å². The summed E-state index contributed by atoms with van der Waals surface area (Å²) in [6, 6.07) is 26.9. The molecule has 4 rings (SSSR count). The van der Waals surface area contributed by atoms with Crippen LogP contribution in [0.25, 0.3) is 0 Å². The molecule has 0 saturated heterocycles. The molecular formula is C22H20NO2P. The third kappa shape index (κ3) is 2.69. The van der Waals surface area contributed by atoms with E-state index in [2.05, 4.69) is 0 Å². The number of anilines is 1. The standard InChI is InChI=1S/C22H20NO2P/c1-23-21-15-9-8-14-19(21)20(22(23)24)16-26(25,17-10-4-2-5-11-17)18-12-6-3-7-13-18/h2-15,20H,16H2,1H3/t20-/m1/s1. The third-order valence-electron chi connectivity index (χ3n) is 5.09. The van der Waals surface area contributed by atoms with Gasteiger partial charge in [0.05, 0.1) is 5.92 Å². The smallest absolute Gasteiger partial charge is 0.234 e. The average Bonchev–Trinajstić information content (AvgIpc) is 2.94. The van der Waals surface area contributed by atoms with Crippen LogP contribution in [-0.2, 0) is 9.36 Å². The highest BCUT2D eigenvalue weighted by Crippen LogP contribution is 2.50. The molecule has 1 heterocycles. The summed E-state index contributed by atoms with van der Waals surface area (Å²) in [5.41, 5.74) is 1.88. The fourth-order valence-electron chi connectivity index (χ4n) is 3.70. The minimum atomic E-state index is -2.94. The Hall–Kier alpha value is -2.64. The number of benzene rings is 3. The van der Waals surface area contributed by atoms with Gasteiger partial charge >= 0.3 is 0 Å². The Morgan fingerprint density at radius 2 is 1.31 bits per heavy atom. The normalized spacial score (nSPS) is 16.6. The lowest BCUT2D eigenvalue weighted by Gasteiger charge is -2.22. The van der Waals surface area contributed by atoms with Crippen molar-refractivity contribution in [3.63, 3.8) is 0 Å². The number of rotatable bonds is 4. The van der Waals surface area contributed by atoms with Crippen molar-refractivity contribution in [2.75, 3.05) is 18.1 Å². The zero-order valence-electron chi connectivity index (χ0n) is 14.6. The molecule has 3 aromatic rings. The second-order valence-corrected chi connectivity index (χ2v) is 9.48. The number of nitrogens with zero attached hydrogens (tertiary/aromatic N) is 1. The van der Waals surface area contributed by atoms with E-state index in [4.69, 9.17) is 0 Å². The Morgan fingerprint density at radius 3 is 1.88 bits per heavy atom. The van der Waals surface area contributed by atoms with E-state index in [0.717, 1.165) is 21.9 Å². The van der Waals surface area contributed by atoms with Crippen LogP contribution in [0.1, 0.15) is 11.5 Å². The van der Waals surface area contributed by atoms with Crippen LogP contribution in [0.5, 0.6) is 0 Å². The first-order chi connectivity index (χ1) is 12.6. The fourth-order valence-corrected chi connectivity index (χ4v) is 6.60. The van der Waals surface area contributed by atoms with Crippen molar-refractivity contribution in [1.29, 1.82) is 0 Å². The van der Waals surface area contributed by atoms with Gasteiger partial charge in [0.1, 0.15) is 7.14 Å². The minimum absolute atomic E-state index is 0.0123. The van der Waals surface area contributed by atoms with Gasteiger partial charge in [-0.25, -0.2) is 0 Å². The molecule has 1 amide bonds. The molecule has 0 unspecified atom stereocenters. The van der Waals surface area contributed by atoms with Gasteiger partial charge in [0.15, 0.2) is 0 Å². The molecule has 0 aromatic heterocycles. The lowest BCUT2D eigenvalue weighted by molar-refractivity contribution is -0.118. The van der Waals surface area contributed by atoms with Crippen LogP contribution < -0.4 is 15.5 Å². The fraction of sp³-hybridized carbons (Fsp3) is 0.136. The van der Waals surface area contributed by atoms with Crippen LogP contribution >= 0.6 is 7.14 Å². The SMILES string of the molecule is CN1C(=O)[C@H](CP(=O)(c2ccccc2)c2ccccc2)c2ccccc21. The highest BCUT2D eigenvalue weighted by Gasteiger charge is 2.41. The van der Waals surface area contributed by atoms with Gasteiger partial charge in [0, 0.05) is 29.5 Å². The summed E-state index contributed by atoms with van der Waals surface area (Å²) in [6.45, 7) is 0. The summed E-state index contributed by atoms with van der Waals surface area (Å²) >= 11 is 0. The summed E-state index contributed by atoms with van der Waals surface area (Å²) in [7, 11) is -1.15. The van der Waals surface area contributed by atoms with E-state index < -0.39 is 7.14 Å². The molecule has 1 atom stereocenters. The van der Waals surface area contributed by atoms with Gasteiger partial charge in [-0.3, -0.25) is 4.79 Å². The zero-order chi connectivity index (χ0) is 18.1. The zero-order valence-corrected chi connectivity index (χ0v) is 15.5. The molecule has 1 aliphatic heterocycles. The highest BCUT2D eigenvalue weighted by atomic mass is 31.2. The Balaban J connectivity index is 1.83. The second-order valence-electron chi connectivity index (χ2n) is 6.60. The van der Waals surface area contributed by atoms with Crippen molar-refractivity contribution in [2.45, 2.75) is 5.92 Å². The van der Waals surface area contributed by atoms with E-state index in [-0.39, 0.29) is 11.8 Å². The number of hydrogen-bond acceptors (Lipinski definition) is 2. The molecule has 4 heteroatoms. The third-order valence-corrected chi connectivity index (χ3v) is 8.23. The van der Waals surface area contributed by atoms with Gasteiger partial charge in [0.25, 0.3) is 0 Å². The lowest BCUT2D eigenvalue weighted by atomic mass is 10.0. The molecule has 3 aromatic carbocycles. The lowest BCUT2D eigenvalue weighted by Crippen LogP contribution is -2.28. The van der Waals surface area contributed by atoms with Gasteiger partial charge in [-0.2, -0.15) is 0 Å². The van der Waals surface area contributed by atoms with E-state index in [1.165, 1.54) is 0 Å². The van der Waals surface area contributed by atoms with Gasteiger partial charge in [-0.1, -0.05) is 78.9 Å². The van der Waals surface area contributed by atoms with Crippen molar-refractivity contribution in [3.05, 3.63) is 90.5 Å². The number of amides is 1. The molecule has 130 valence electrons. The maximum absolute atomic E-state index is 14.3. The maximum atomic E-state index is 14.3. The molecule has 0 spiro atoms. The largest absolute Gasteiger partial charge is 0.315 e. The summed E-state index contributed by atoms with van der Waals surface area (Å²) in [5.74, 6) is -0.374. The minimum Gasteiger partial charge on any atom is -0.315 e. The topological polar surface area (TPSA) is 37.4 Å². The van der Waals surface area contributed by atoms with Crippen LogP contribution in [0, 0.1) is 0 Å². The van der Waals surface area contributed by atoms with Crippen LogP contribution in [-0.4, -0.2) is 19.1 Å².